The van der Waals surface area contributed by atoms with E-state index in [0.29, 0.717) is 0 Å². The third-order valence-electron chi connectivity index (χ3n) is 2.93. The Bertz CT molecular complexity index is 328. The minimum absolute atomic E-state index is 0.242. The highest BCUT2D eigenvalue weighted by molar-refractivity contribution is 5.50. The number of nitrogens with zero attached hydrogens (tertiary/aromatic N) is 1. The average molecular weight is 236 g/mol. The Labute approximate surface area is 105 Å². The first kappa shape index (κ1) is 13.8. The lowest BCUT2D eigenvalue weighted by Gasteiger charge is -2.23. The lowest BCUT2D eigenvalue weighted by Crippen LogP contribution is -2.35. The summed E-state index contributed by atoms with van der Waals surface area (Å²) in [5.74, 6) is 0.886. The van der Waals surface area contributed by atoms with Gasteiger partial charge in [0.2, 0.25) is 0 Å². The maximum atomic E-state index is 6.10. The molecular weight excluding hydrogens is 212 g/mol. The molecule has 96 valence electrons. The summed E-state index contributed by atoms with van der Waals surface area (Å²) in [6.07, 6.45) is 3.49. The van der Waals surface area contributed by atoms with Gasteiger partial charge in [-0.15, -0.1) is 0 Å². The molecule has 3 nitrogen and oxygen atoms in total. The van der Waals surface area contributed by atoms with Gasteiger partial charge in [-0.2, -0.15) is 0 Å². The third-order valence-corrected chi connectivity index (χ3v) is 2.93. The van der Waals surface area contributed by atoms with Crippen LogP contribution in [0.25, 0.3) is 0 Å². The van der Waals surface area contributed by atoms with Crippen LogP contribution in [0.15, 0.2) is 24.3 Å². The molecule has 0 fully saturated rings. The van der Waals surface area contributed by atoms with E-state index in [2.05, 4.69) is 24.9 Å². The number of rotatable bonds is 7. The minimum atomic E-state index is 0.242. The molecule has 1 unspecified atom stereocenters. The van der Waals surface area contributed by atoms with Crippen LogP contribution in [0.5, 0.6) is 5.75 Å². The molecule has 0 bridgehead atoms. The van der Waals surface area contributed by atoms with E-state index in [9.17, 15) is 0 Å². The zero-order valence-electron chi connectivity index (χ0n) is 11.1. The molecule has 0 amide bonds. The summed E-state index contributed by atoms with van der Waals surface area (Å²) >= 11 is 0. The number of nitrogens with two attached hydrogens (primary N) is 1. The van der Waals surface area contributed by atoms with Gasteiger partial charge in [0.25, 0.3) is 0 Å². The molecule has 17 heavy (non-hydrogen) atoms. The molecule has 0 heterocycles. The standard InChI is InChI=1S/C14H24N2O/c1-4-5-7-12(15)11-16(2)13-8-6-9-14(10-13)17-3/h6,8-10,12H,4-5,7,11,15H2,1-3H3. The summed E-state index contributed by atoms with van der Waals surface area (Å²) < 4.78 is 5.22. The fourth-order valence-corrected chi connectivity index (χ4v) is 1.86. The Morgan fingerprint density at radius 1 is 1.41 bits per heavy atom. The first-order chi connectivity index (χ1) is 8.17. The van der Waals surface area contributed by atoms with Gasteiger partial charge in [-0.25, -0.2) is 0 Å². The highest BCUT2D eigenvalue weighted by Crippen LogP contribution is 2.20. The third kappa shape index (κ3) is 4.65. The number of unbranched alkanes of at least 4 members (excludes halogenated alkanes) is 1. The molecule has 0 aliphatic rings. The maximum absolute atomic E-state index is 6.10. The van der Waals surface area contributed by atoms with Crippen LogP contribution in [0.3, 0.4) is 0 Å². The van der Waals surface area contributed by atoms with Crippen molar-refractivity contribution in [3.63, 3.8) is 0 Å². The molecule has 3 heteroatoms. The van der Waals surface area contributed by atoms with Crippen LogP contribution < -0.4 is 15.4 Å². The molecule has 0 aromatic heterocycles. The van der Waals surface area contributed by atoms with Crippen molar-refractivity contribution in [2.45, 2.75) is 32.2 Å². The van der Waals surface area contributed by atoms with E-state index in [4.69, 9.17) is 10.5 Å². The van der Waals surface area contributed by atoms with Gasteiger partial charge in [0.05, 0.1) is 7.11 Å². The molecule has 0 aliphatic carbocycles. The van der Waals surface area contributed by atoms with Crippen LogP contribution in [0, 0.1) is 0 Å². The molecule has 2 N–H and O–H groups in total. The van der Waals surface area contributed by atoms with E-state index < -0.39 is 0 Å². The maximum Gasteiger partial charge on any atom is 0.120 e. The van der Waals surface area contributed by atoms with Crippen molar-refractivity contribution in [2.24, 2.45) is 5.73 Å². The molecule has 1 rings (SSSR count). The van der Waals surface area contributed by atoms with Gasteiger partial charge in [0.15, 0.2) is 0 Å². The smallest absolute Gasteiger partial charge is 0.120 e. The number of likely N-dealkylation sites (N-methyl/N-ethyl adjacent to an activating group) is 1. The Hall–Kier alpha value is -1.22. The van der Waals surface area contributed by atoms with Gasteiger partial charge in [-0.05, 0) is 18.6 Å². The normalized spacial score (nSPS) is 12.2. The molecule has 1 aromatic rings. The zero-order valence-corrected chi connectivity index (χ0v) is 11.1. The quantitative estimate of drug-likeness (QED) is 0.791. The van der Waals surface area contributed by atoms with Gasteiger partial charge in [0, 0.05) is 31.4 Å². The fraction of sp³-hybridized carbons (Fsp3) is 0.571. The lowest BCUT2D eigenvalue weighted by atomic mass is 10.1. The number of methoxy groups -OCH3 is 1. The van der Waals surface area contributed by atoms with E-state index in [1.54, 1.807) is 7.11 Å². The zero-order chi connectivity index (χ0) is 12.7. The van der Waals surface area contributed by atoms with Crippen molar-refractivity contribution in [1.82, 2.24) is 0 Å². The van der Waals surface area contributed by atoms with Crippen molar-refractivity contribution >= 4 is 5.69 Å². The predicted octanol–water partition coefficient (Wildman–Crippen LogP) is 2.65. The first-order valence-electron chi connectivity index (χ1n) is 6.28. The molecule has 0 saturated heterocycles. The topological polar surface area (TPSA) is 38.5 Å². The van der Waals surface area contributed by atoms with Gasteiger partial charge in [-0.1, -0.05) is 25.8 Å². The van der Waals surface area contributed by atoms with Crippen molar-refractivity contribution in [2.75, 3.05) is 25.6 Å². The summed E-state index contributed by atoms with van der Waals surface area (Å²) in [4.78, 5) is 2.18. The van der Waals surface area contributed by atoms with Crippen LogP contribution in [0.4, 0.5) is 5.69 Å². The summed E-state index contributed by atoms with van der Waals surface area (Å²) in [6.45, 7) is 3.08. The molecular formula is C14H24N2O. The van der Waals surface area contributed by atoms with E-state index in [1.165, 1.54) is 12.8 Å². The van der Waals surface area contributed by atoms with E-state index in [1.807, 2.05) is 18.2 Å². The van der Waals surface area contributed by atoms with Crippen molar-refractivity contribution in [3.05, 3.63) is 24.3 Å². The SMILES string of the molecule is CCCCC(N)CN(C)c1cccc(OC)c1. The molecule has 1 atom stereocenters. The number of ether oxygens (including phenoxy) is 1. The summed E-state index contributed by atoms with van der Waals surface area (Å²) in [5, 5.41) is 0. The number of hydrogen-bond donors (Lipinski definition) is 1. The second-order valence-corrected chi connectivity index (χ2v) is 4.48. The monoisotopic (exact) mass is 236 g/mol. The van der Waals surface area contributed by atoms with Gasteiger partial charge < -0.3 is 15.4 Å². The summed E-state index contributed by atoms with van der Waals surface area (Å²) in [6, 6.07) is 8.31. The molecule has 0 saturated carbocycles. The number of anilines is 1. The van der Waals surface area contributed by atoms with Crippen molar-refractivity contribution < 1.29 is 4.74 Å². The van der Waals surface area contributed by atoms with Gasteiger partial charge >= 0.3 is 0 Å². The van der Waals surface area contributed by atoms with E-state index >= 15 is 0 Å². The number of benzene rings is 1. The largest absolute Gasteiger partial charge is 0.497 e. The van der Waals surface area contributed by atoms with Crippen LogP contribution >= 0.6 is 0 Å². The number of hydrogen-bond acceptors (Lipinski definition) is 3. The Morgan fingerprint density at radius 2 is 2.18 bits per heavy atom. The van der Waals surface area contributed by atoms with Crippen LogP contribution in [0.2, 0.25) is 0 Å². The van der Waals surface area contributed by atoms with Crippen molar-refractivity contribution in [1.29, 1.82) is 0 Å². The average Bonchev–Trinajstić information content (AvgIpc) is 2.36. The van der Waals surface area contributed by atoms with Crippen LogP contribution in [0.1, 0.15) is 26.2 Å². The Kier molecular flexibility index (Phi) is 5.84. The van der Waals surface area contributed by atoms with E-state index in [-0.39, 0.29) is 6.04 Å². The second-order valence-electron chi connectivity index (χ2n) is 4.48. The Morgan fingerprint density at radius 3 is 2.82 bits per heavy atom. The summed E-state index contributed by atoms with van der Waals surface area (Å²) in [5.41, 5.74) is 7.25. The minimum Gasteiger partial charge on any atom is -0.497 e. The van der Waals surface area contributed by atoms with Gasteiger partial charge in [0.1, 0.15) is 5.75 Å². The van der Waals surface area contributed by atoms with Gasteiger partial charge in [-0.3, -0.25) is 0 Å². The first-order valence-corrected chi connectivity index (χ1v) is 6.28. The Balaban J connectivity index is 2.53. The molecule has 0 radical (unpaired) electrons. The molecule has 1 aromatic carbocycles. The highest BCUT2D eigenvalue weighted by Gasteiger charge is 2.07. The predicted molar refractivity (Wildman–Crippen MR) is 73.8 cm³/mol. The van der Waals surface area contributed by atoms with Crippen LogP contribution in [-0.2, 0) is 0 Å². The van der Waals surface area contributed by atoms with Crippen LogP contribution in [-0.4, -0.2) is 26.7 Å². The second kappa shape index (κ2) is 7.17. The molecule has 0 aliphatic heterocycles. The fourth-order valence-electron chi connectivity index (χ4n) is 1.86. The van der Waals surface area contributed by atoms with Crippen molar-refractivity contribution in [3.8, 4) is 5.75 Å². The lowest BCUT2D eigenvalue weighted by molar-refractivity contribution is 0.415. The van der Waals surface area contributed by atoms with E-state index in [0.717, 1.165) is 24.4 Å². The highest BCUT2D eigenvalue weighted by atomic mass is 16.5. The molecule has 0 spiro atoms. The summed E-state index contributed by atoms with van der Waals surface area (Å²) in [7, 11) is 3.76.